The highest BCUT2D eigenvalue weighted by Crippen LogP contribution is 2.47. The van der Waals surface area contributed by atoms with Gasteiger partial charge in [-0.15, -0.1) is 0 Å². The number of benzene rings is 1. The van der Waals surface area contributed by atoms with Gasteiger partial charge in [-0.2, -0.15) is 0 Å². The number of unbranched alkanes of at least 4 members (excludes halogenated alkanes) is 2. The molecule has 39 heavy (non-hydrogen) atoms. The highest BCUT2D eigenvalue weighted by Gasteiger charge is 2.31. The molecule has 218 valence electrons. The largest absolute Gasteiger partial charge is 0.467 e. The molecular formula is C35H54O4. The zero-order chi connectivity index (χ0) is 27.5. The molecule has 2 unspecified atom stereocenters. The number of hydrogen-bond acceptors (Lipinski definition) is 4. The first-order valence-electron chi connectivity index (χ1n) is 16.0. The fourth-order valence-corrected chi connectivity index (χ4v) is 6.70. The predicted octanol–water partition coefficient (Wildman–Crippen LogP) is 9.81. The molecule has 0 saturated heterocycles. The Morgan fingerprint density at radius 3 is 1.90 bits per heavy atom. The number of rotatable bonds is 14. The molecule has 3 aliphatic carbocycles. The monoisotopic (exact) mass is 538 g/mol. The lowest BCUT2D eigenvalue weighted by atomic mass is 9.73. The summed E-state index contributed by atoms with van der Waals surface area (Å²) < 4.78 is 25.6. The molecule has 1 aromatic carbocycles. The van der Waals surface area contributed by atoms with Crippen LogP contribution in [0.4, 0.5) is 0 Å². The Kier molecular flexibility index (Phi) is 12.3. The van der Waals surface area contributed by atoms with E-state index < -0.39 is 0 Å². The molecule has 0 radical (unpaired) electrons. The van der Waals surface area contributed by atoms with E-state index in [4.69, 9.17) is 18.9 Å². The molecular weight excluding hydrogens is 484 g/mol. The van der Waals surface area contributed by atoms with E-state index in [1.54, 1.807) is 0 Å². The van der Waals surface area contributed by atoms with E-state index in [1.807, 2.05) is 0 Å². The summed E-state index contributed by atoms with van der Waals surface area (Å²) in [5, 5.41) is 0. The van der Waals surface area contributed by atoms with Crippen LogP contribution >= 0.6 is 0 Å². The average molecular weight is 539 g/mol. The summed E-state index contributed by atoms with van der Waals surface area (Å²) in [4.78, 5) is 0. The van der Waals surface area contributed by atoms with E-state index in [0.717, 1.165) is 62.0 Å². The predicted molar refractivity (Wildman–Crippen MR) is 161 cm³/mol. The number of ether oxygens (including phenoxy) is 4. The molecule has 4 heteroatoms. The van der Waals surface area contributed by atoms with Gasteiger partial charge in [0.2, 0.25) is 0 Å². The quantitative estimate of drug-likeness (QED) is 0.134. The minimum Gasteiger partial charge on any atom is -0.467 e. The smallest absolute Gasteiger partial charge is 0.189 e. The molecule has 0 amide bonds. The summed E-state index contributed by atoms with van der Waals surface area (Å²) in [5.74, 6) is 2.36. The standard InChI is InChI=1S/C35H54O4/c1-5-6-9-14-28-22-33(38-24-36-29-15-10-7-11-16-29)35(32-21-27(4)19-20-31(32)26(2)3)34(23-28)39-25-37-30-17-12-8-13-18-30/h21-23,29-32H,2,5-20,24-25H2,1,3-4H3. The molecule has 0 aromatic heterocycles. The van der Waals surface area contributed by atoms with Crippen molar-refractivity contribution in [3.63, 3.8) is 0 Å². The van der Waals surface area contributed by atoms with Gasteiger partial charge in [-0.3, -0.25) is 0 Å². The fraction of sp³-hybridized carbons (Fsp3) is 0.714. The summed E-state index contributed by atoms with van der Waals surface area (Å²) in [5.41, 5.74) is 5.07. The van der Waals surface area contributed by atoms with Crippen molar-refractivity contribution >= 4 is 0 Å². The van der Waals surface area contributed by atoms with Gasteiger partial charge in [-0.05, 0) is 88.8 Å². The summed E-state index contributed by atoms with van der Waals surface area (Å²) in [6, 6.07) is 4.52. The van der Waals surface area contributed by atoms with Gasteiger partial charge in [-0.25, -0.2) is 0 Å². The summed E-state index contributed by atoms with van der Waals surface area (Å²) in [6.07, 6.45) is 22.2. The first kappa shape index (κ1) is 30.2. The number of allylic oxidation sites excluding steroid dienone is 3. The Balaban J connectivity index is 1.62. The third kappa shape index (κ3) is 9.11. The van der Waals surface area contributed by atoms with Crippen LogP contribution in [0.15, 0.2) is 35.9 Å². The Bertz CT molecular complexity index is 878. The third-order valence-electron chi connectivity index (χ3n) is 9.09. The van der Waals surface area contributed by atoms with E-state index in [-0.39, 0.29) is 5.92 Å². The molecule has 2 atom stereocenters. The van der Waals surface area contributed by atoms with Crippen molar-refractivity contribution in [2.45, 2.75) is 142 Å². The topological polar surface area (TPSA) is 36.9 Å². The molecule has 2 saturated carbocycles. The van der Waals surface area contributed by atoms with Crippen LogP contribution in [0.2, 0.25) is 0 Å². The molecule has 0 spiro atoms. The van der Waals surface area contributed by atoms with Gasteiger partial charge < -0.3 is 18.9 Å². The Hall–Kier alpha value is -1.78. The second-order valence-corrected chi connectivity index (χ2v) is 12.4. The van der Waals surface area contributed by atoms with Crippen molar-refractivity contribution in [1.29, 1.82) is 0 Å². The van der Waals surface area contributed by atoms with Crippen molar-refractivity contribution in [3.05, 3.63) is 47.1 Å². The van der Waals surface area contributed by atoms with Gasteiger partial charge >= 0.3 is 0 Å². The minimum atomic E-state index is 0.176. The third-order valence-corrected chi connectivity index (χ3v) is 9.09. The van der Waals surface area contributed by atoms with E-state index in [0.29, 0.717) is 31.7 Å². The van der Waals surface area contributed by atoms with Gasteiger partial charge in [0.15, 0.2) is 13.6 Å². The van der Waals surface area contributed by atoms with Crippen LogP contribution in [0.25, 0.3) is 0 Å². The molecule has 0 bridgehead atoms. The van der Waals surface area contributed by atoms with Crippen LogP contribution in [-0.2, 0) is 15.9 Å². The van der Waals surface area contributed by atoms with Crippen molar-refractivity contribution in [2.24, 2.45) is 5.92 Å². The SMILES string of the molecule is C=C(C)C1CCC(C)=CC1c1c(OCOC2CCCCC2)cc(CCCCC)cc1OCOC1CCCCC1. The molecule has 3 aliphatic rings. The first-order chi connectivity index (χ1) is 19.0. The summed E-state index contributed by atoms with van der Waals surface area (Å²) in [6.45, 7) is 11.7. The first-order valence-corrected chi connectivity index (χ1v) is 16.0. The van der Waals surface area contributed by atoms with E-state index in [2.05, 4.69) is 45.6 Å². The second-order valence-electron chi connectivity index (χ2n) is 12.4. The molecule has 4 rings (SSSR count). The average Bonchev–Trinajstić information content (AvgIpc) is 2.94. The van der Waals surface area contributed by atoms with Crippen molar-refractivity contribution in [1.82, 2.24) is 0 Å². The van der Waals surface area contributed by atoms with E-state index in [1.165, 1.54) is 74.5 Å². The van der Waals surface area contributed by atoms with Crippen LogP contribution in [0.5, 0.6) is 11.5 Å². The molecule has 0 heterocycles. The van der Waals surface area contributed by atoms with Crippen LogP contribution in [-0.4, -0.2) is 25.8 Å². The van der Waals surface area contributed by atoms with Gasteiger partial charge in [0.1, 0.15) is 11.5 Å². The Morgan fingerprint density at radius 2 is 1.38 bits per heavy atom. The van der Waals surface area contributed by atoms with Crippen molar-refractivity contribution < 1.29 is 18.9 Å². The Labute approximate surface area is 238 Å². The molecule has 2 fully saturated rings. The lowest BCUT2D eigenvalue weighted by molar-refractivity contribution is -0.0531. The lowest BCUT2D eigenvalue weighted by Crippen LogP contribution is -2.22. The van der Waals surface area contributed by atoms with Crippen LogP contribution in [0, 0.1) is 5.92 Å². The number of aryl methyl sites for hydroxylation is 1. The van der Waals surface area contributed by atoms with Gasteiger partial charge in [-0.1, -0.05) is 82.1 Å². The zero-order valence-corrected chi connectivity index (χ0v) is 25.1. The maximum absolute atomic E-state index is 6.54. The van der Waals surface area contributed by atoms with E-state index >= 15 is 0 Å². The van der Waals surface area contributed by atoms with Gasteiger partial charge in [0, 0.05) is 11.5 Å². The normalized spacial score (nSPS) is 22.9. The number of hydrogen-bond donors (Lipinski definition) is 0. The molecule has 0 N–H and O–H groups in total. The fourth-order valence-electron chi connectivity index (χ4n) is 6.70. The molecule has 4 nitrogen and oxygen atoms in total. The summed E-state index contributed by atoms with van der Waals surface area (Å²) in [7, 11) is 0. The second kappa shape index (κ2) is 15.9. The van der Waals surface area contributed by atoms with Crippen LogP contribution < -0.4 is 9.47 Å². The van der Waals surface area contributed by atoms with Gasteiger partial charge in [0.25, 0.3) is 0 Å². The van der Waals surface area contributed by atoms with Crippen LogP contribution in [0.3, 0.4) is 0 Å². The highest BCUT2D eigenvalue weighted by atomic mass is 16.7. The lowest BCUT2D eigenvalue weighted by Gasteiger charge is -2.33. The summed E-state index contributed by atoms with van der Waals surface area (Å²) >= 11 is 0. The molecule has 1 aromatic rings. The van der Waals surface area contributed by atoms with Crippen molar-refractivity contribution in [2.75, 3.05) is 13.6 Å². The van der Waals surface area contributed by atoms with Crippen molar-refractivity contribution in [3.8, 4) is 11.5 Å². The maximum atomic E-state index is 6.54. The molecule has 0 aliphatic heterocycles. The van der Waals surface area contributed by atoms with Gasteiger partial charge in [0.05, 0.1) is 12.2 Å². The van der Waals surface area contributed by atoms with Crippen LogP contribution in [0.1, 0.15) is 134 Å². The minimum absolute atomic E-state index is 0.176. The highest BCUT2D eigenvalue weighted by molar-refractivity contribution is 5.53. The zero-order valence-electron chi connectivity index (χ0n) is 25.1. The maximum Gasteiger partial charge on any atom is 0.189 e. The van der Waals surface area contributed by atoms with E-state index in [9.17, 15) is 0 Å². The Morgan fingerprint density at radius 1 is 0.821 bits per heavy atom.